The van der Waals surface area contributed by atoms with Crippen molar-refractivity contribution in [2.75, 3.05) is 0 Å². The van der Waals surface area contributed by atoms with Crippen LogP contribution in [-0.4, -0.2) is 10.5 Å². The van der Waals surface area contributed by atoms with Gasteiger partial charge in [-0.25, -0.2) is 0 Å². The Labute approximate surface area is 145 Å². The molecule has 0 spiro atoms. The first-order valence-electron chi connectivity index (χ1n) is 8.87. The van der Waals surface area contributed by atoms with Crippen molar-refractivity contribution in [1.29, 1.82) is 0 Å². The van der Waals surface area contributed by atoms with Crippen molar-refractivity contribution >= 4 is 38.2 Å². The van der Waals surface area contributed by atoms with Crippen molar-refractivity contribution in [2.24, 2.45) is 10.9 Å². The number of hydrogen-bond donors (Lipinski definition) is 0. The van der Waals surface area contributed by atoms with Crippen LogP contribution in [-0.2, 0) is 11.3 Å². The molecule has 24 heavy (non-hydrogen) atoms. The minimum atomic E-state index is 0.0766. The zero-order valence-electron chi connectivity index (χ0n) is 14.0. The van der Waals surface area contributed by atoms with Crippen molar-refractivity contribution in [3.05, 3.63) is 41.2 Å². The number of hydrogen-bond acceptors (Lipinski definition) is 2. The summed E-state index contributed by atoms with van der Waals surface area (Å²) < 4.78 is 3.40. The van der Waals surface area contributed by atoms with E-state index in [-0.39, 0.29) is 11.8 Å². The number of carbonyl (C=O) groups excluding carboxylic acids is 1. The molecular formula is C20H22N2OS. The van der Waals surface area contributed by atoms with Gasteiger partial charge in [0.15, 0.2) is 4.80 Å². The second-order valence-electron chi connectivity index (χ2n) is 6.55. The highest BCUT2D eigenvalue weighted by Crippen LogP contribution is 2.28. The van der Waals surface area contributed by atoms with Crippen LogP contribution in [0.15, 0.2) is 41.4 Å². The fourth-order valence-electron chi connectivity index (χ4n) is 3.72. The molecule has 0 bridgehead atoms. The van der Waals surface area contributed by atoms with E-state index in [2.05, 4.69) is 52.9 Å². The number of aryl methyl sites for hydroxylation is 1. The van der Waals surface area contributed by atoms with Crippen LogP contribution in [0.2, 0.25) is 0 Å². The maximum absolute atomic E-state index is 12.6. The lowest BCUT2D eigenvalue weighted by molar-refractivity contribution is -0.122. The summed E-state index contributed by atoms with van der Waals surface area (Å²) in [4.78, 5) is 18.0. The van der Waals surface area contributed by atoms with E-state index in [4.69, 9.17) is 0 Å². The number of carbonyl (C=O) groups is 1. The maximum Gasteiger partial charge on any atom is 0.251 e. The maximum atomic E-state index is 12.6. The lowest BCUT2D eigenvalue weighted by atomic mass is 9.89. The topological polar surface area (TPSA) is 34.4 Å². The highest BCUT2D eigenvalue weighted by Gasteiger charge is 2.21. The quantitative estimate of drug-likeness (QED) is 0.655. The molecule has 1 heterocycles. The Bertz CT molecular complexity index is 961. The van der Waals surface area contributed by atoms with Crippen LogP contribution >= 0.6 is 11.3 Å². The average Bonchev–Trinajstić information content (AvgIpc) is 3.00. The molecule has 1 saturated carbocycles. The summed E-state index contributed by atoms with van der Waals surface area (Å²) in [7, 11) is 0. The van der Waals surface area contributed by atoms with E-state index in [9.17, 15) is 4.79 Å². The normalized spacial score (nSPS) is 17.0. The van der Waals surface area contributed by atoms with Gasteiger partial charge in [0.2, 0.25) is 0 Å². The number of fused-ring (bicyclic) bond motifs is 3. The van der Waals surface area contributed by atoms with Crippen molar-refractivity contribution in [2.45, 2.75) is 45.6 Å². The minimum absolute atomic E-state index is 0.0766. The summed E-state index contributed by atoms with van der Waals surface area (Å²) in [6.07, 6.45) is 5.59. The van der Waals surface area contributed by atoms with Crippen LogP contribution in [0, 0.1) is 5.92 Å². The lowest BCUT2D eigenvalue weighted by Crippen LogP contribution is -2.21. The van der Waals surface area contributed by atoms with Gasteiger partial charge in [0.05, 0.1) is 10.2 Å². The largest absolute Gasteiger partial charge is 0.317 e. The van der Waals surface area contributed by atoms with Crippen LogP contribution in [0.1, 0.15) is 39.0 Å². The molecule has 4 heteroatoms. The standard InChI is InChI=1S/C20H22N2OS/c1-2-22-17-13-12-14-8-6-7-11-16(14)18(17)24-20(22)21-19(23)15-9-4-3-5-10-15/h6-8,11-13,15H,2-5,9-10H2,1H3. The number of rotatable bonds is 2. The van der Waals surface area contributed by atoms with Gasteiger partial charge in [-0.15, -0.1) is 0 Å². The molecule has 1 aromatic heterocycles. The predicted octanol–water partition coefficient (Wildman–Crippen LogP) is 4.88. The van der Waals surface area contributed by atoms with Crippen molar-refractivity contribution < 1.29 is 4.79 Å². The van der Waals surface area contributed by atoms with Crippen molar-refractivity contribution in [3.63, 3.8) is 0 Å². The summed E-state index contributed by atoms with van der Waals surface area (Å²) in [6.45, 7) is 2.95. The third kappa shape index (κ3) is 2.69. The fourth-order valence-corrected chi connectivity index (χ4v) is 4.96. The van der Waals surface area contributed by atoms with E-state index in [1.54, 1.807) is 11.3 Å². The van der Waals surface area contributed by atoms with E-state index >= 15 is 0 Å². The number of thiazole rings is 1. The molecule has 0 radical (unpaired) electrons. The smallest absolute Gasteiger partial charge is 0.251 e. The number of aromatic nitrogens is 1. The van der Waals surface area contributed by atoms with Gasteiger partial charge >= 0.3 is 0 Å². The second kappa shape index (κ2) is 6.52. The molecule has 0 aliphatic heterocycles. The molecule has 2 aromatic carbocycles. The van der Waals surface area contributed by atoms with Crippen LogP contribution in [0.3, 0.4) is 0 Å². The zero-order valence-corrected chi connectivity index (χ0v) is 14.8. The molecule has 0 N–H and O–H groups in total. The Morgan fingerprint density at radius 1 is 1.17 bits per heavy atom. The van der Waals surface area contributed by atoms with Crippen LogP contribution in [0.5, 0.6) is 0 Å². The first-order valence-corrected chi connectivity index (χ1v) is 9.69. The second-order valence-corrected chi connectivity index (χ2v) is 7.53. The molecule has 3 aromatic rings. The first kappa shape index (κ1) is 15.6. The number of amides is 1. The number of benzene rings is 2. The summed E-state index contributed by atoms with van der Waals surface area (Å²) in [5.41, 5.74) is 1.18. The van der Waals surface area contributed by atoms with Gasteiger partial charge in [-0.1, -0.05) is 60.9 Å². The lowest BCUT2D eigenvalue weighted by Gasteiger charge is -2.17. The van der Waals surface area contributed by atoms with Crippen molar-refractivity contribution in [3.8, 4) is 0 Å². The van der Waals surface area contributed by atoms with E-state index in [1.165, 1.54) is 27.4 Å². The fraction of sp³-hybridized carbons (Fsp3) is 0.400. The van der Waals surface area contributed by atoms with Gasteiger partial charge in [0, 0.05) is 17.8 Å². The molecule has 1 amide bonds. The highest BCUT2D eigenvalue weighted by atomic mass is 32.1. The van der Waals surface area contributed by atoms with E-state index in [1.807, 2.05) is 0 Å². The molecular weight excluding hydrogens is 316 g/mol. The third-order valence-corrected chi connectivity index (χ3v) is 6.18. The Morgan fingerprint density at radius 3 is 2.75 bits per heavy atom. The molecule has 1 aliphatic rings. The Balaban J connectivity index is 1.86. The third-order valence-electron chi connectivity index (χ3n) is 5.05. The van der Waals surface area contributed by atoms with Gasteiger partial charge < -0.3 is 4.57 Å². The van der Waals surface area contributed by atoms with Gasteiger partial charge in [-0.05, 0) is 31.2 Å². The molecule has 1 aliphatic carbocycles. The van der Waals surface area contributed by atoms with Crippen LogP contribution < -0.4 is 4.80 Å². The molecule has 4 rings (SSSR count). The highest BCUT2D eigenvalue weighted by molar-refractivity contribution is 7.17. The SMILES string of the molecule is CCn1c(=NC(=O)C2CCCCC2)sc2c3ccccc3ccc21. The molecule has 0 saturated heterocycles. The minimum Gasteiger partial charge on any atom is -0.317 e. The van der Waals surface area contributed by atoms with Gasteiger partial charge in [0.25, 0.3) is 5.91 Å². The molecule has 0 atom stereocenters. The summed E-state index contributed by atoms with van der Waals surface area (Å²) >= 11 is 1.65. The Kier molecular flexibility index (Phi) is 4.23. The molecule has 1 fully saturated rings. The monoisotopic (exact) mass is 338 g/mol. The van der Waals surface area contributed by atoms with Gasteiger partial charge in [0.1, 0.15) is 0 Å². The summed E-state index contributed by atoms with van der Waals surface area (Å²) in [6, 6.07) is 12.7. The Hall–Kier alpha value is -1.94. The predicted molar refractivity (Wildman–Crippen MR) is 100 cm³/mol. The van der Waals surface area contributed by atoms with E-state index < -0.39 is 0 Å². The van der Waals surface area contributed by atoms with Gasteiger partial charge in [-0.2, -0.15) is 4.99 Å². The van der Waals surface area contributed by atoms with Crippen molar-refractivity contribution in [1.82, 2.24) is 4.57 Å². The van der Waals surface area contributed by atoms with E-state index in [0.29, 0.717) is 0 Å². The van der Waals surface area contributed by atoms with Crippen LogP contribution in [0.25, 0.3) is 21.0 Å². The molecule has 3 nitrogen and oxygen atoms in total. The van der Waals surface area contributed by atoms with Gasteiger partial charge in [-0.3, -0.25) is 4.79 Å². The zero-order chi connectivity index (χ0) is 16.5. The molecule has 0 unspecified atom stereocenters. The molecule has 124 valence electrons. The van der Waals surface area contributed by atoms with Crippen LogP contribution in [0.4, 0.5) is 0 Å². The Morgan fingerprint density at radius 2 is 1.96 bits per heavy atom. The van der Waals surface area contributed by atoms with E-state index in [0.717, 1.165) is 37.0 Å². The average molecular weight is 338 g/mol. The summed E-state index contributed by atoms with van der Waals surface area (Å²) in [5, 5.41) is 2.48. The number of nitrogens with zero attached hydrogens (tertiary/aromatic N) is 2. The summed E-state index contributed by atoms with van der Waals surface area (Å²) in [5.74, 6) is 0.207. The first-order chi connectivity index (χ1) is 11.8.